The van der Waals surface area contributed by atoms with Gasteiger partial charge in [-0.1, -0.05) is 23.8 Å². The van der Waals surface area contributed by atoms with Crippen LogP contribution in [0.1, 0.15) is 18.4 Å². The van der Waals surface area contributed by atoms with Crippen LogP contribution in [-0.4, -0.2) is 37.7 Å². The van der Waals surface area contributed by atoms with Crippen molar-refractivity contribution >= 4 is 27.5 Å². The molecular formula is C19H20N2O5S. The number of methoxy groups -OCH3 is 1. The molecule has 3 rings (SSSR count). The van der Waals surface area contributed by atoms with E-state index in [4.69, 9.17) is 4.74 Å². The van der Waals surface area contributed by atoms with Gasteiger partial charge in [0.25, 0.3) is 10.0 Å². The predicted molar refractivity (Wildman–Crippen MR) is 99.9 cm³/mol. The molecular weight excluding hydrogens is 368 g/mol. The lowest BCUT2D eigenvalue weighted by Gasteiger charge is -2.23. The summed E-state index contributed by atoms with van der Waals surface area (Å²) in [7, 11) is -2.60. The number of sulfonamides is 1. The van der Waals surface area contributed by atoms with Crippen molar-refractivity contribution in [2.45, 2.75) is 30.7 Å². The fourth-order valence-electron chi connectivity index (χ4n) is 2.95. The summed E-state index contributed by atoms with van der Waals surface area (Å²) in [5, 5.41) is 2.66. The third-order valence-corrected chi connectivity index (χ3v) is 6.22. The van der Waals surface area contributed by atoms with E-state index in [0.29, 0.717) is 15.7 Å². The number of anilines is 1. The molecule has 1 aliphatic rings. The summed E-state index contributed by atoms with van der Waals surface area (Å²) in [6, 6.07) is 11.8. The lowest BCUT2D eigenvalue weighted by molar-refractivity contribution is -0.128. The van der Waals surface area contributed by atoms with Crippen LogP contribution in [-0.2, 0) is 19.6 Å². The van der Waals surface area contributed by atoms with Crippen molar-refractivity contribution < 1.29 is 22.7 Å². The summed E-state index contributed by atoms with van der Waals surface area (Å²) < 4.78 is 31.7. The molecule has 0 bridgehead atoms. The minimum absolute atomic E-state index is 0.00128. The molecule has 2 aromatic rings. The highest BCUT2D eigenvalue weighted by Gasteiger charge is 2.44. The Kier molecular flexibility index (Phi) is 5.18. The standard InChI is InChI=1S/C19H20N2O5S/c1-13-6-8-16(9-7-13)27(24,25)21-17(10-11-18(21)22)19(23)20-14-4-3-5-15(12-14)26-2/h3-9,12,17H,10-11H2,1-2H3,(H,20,23)/t17-/m0/s1. The van der Waals surface area contributed by atoms with E-state index in [1.54, 1.807) is 36.4 Å². The zero-order chi connectivity index (χ0) is 19.6. The molecule has 0 unspecified atom stereocenters. The number of nitrogens with one attached hydrogen (secondary N) is 1. The second kappa shape index (κ2) is 7.40. The second-order valence-corrected chi connectivity index (χ2v) is 8.10. The van der Waals surface area contributed by atoms with E-state index in [-0.39, 0.29) is 17.7 Å². The Morgan fingerprint density at radius 2 is 1.89 bits per heavy atom. The molecule has 1 fully saturated rings. The smallest absolute Gasteiger partial charge is 0.267 e. The monoisotopic (exact) mass is 388 g/mol. The Bertz CT molecular complexity index is 970. The summed E-state index contributed by atoms with van der Waals surface area (Å²) >= 11 is 0. The molecule has 0 aromatic heterocycles. The van der Waals surface area contributed by atoms with Gasteiger partial charge in [0.2, 0.25) is 11.8 Å². The minimum atomic E-state index is -4.11. The first-order valence-electron chi connectivity index (χ1n) is 8.42. The Balaban J connectivity index is 1.87. The zero-order valence-electron chi connectivity index (χ0n) is 15.0. The fraction of sp³-hybridized carbons (Fsp3) is 0.263. The van der Waals surface area contributed by atoms with Gasteiger partial charge in [-0.05, 0) is 37.6 Å². The third-order valence-electron chi connectivity index (χ3n) is 4.38. The number of hydrogen-bond acceptors (Lipinski definition) is 5. The van der Waals surface area contributed by atoms with Crippen LogP contribution in [0.2, 0.25) is 0 Å². The van der Waals surface area contributed by atoms with Crippen LogP contribution < -0.4 is 10.1 Å². The Morgan fingerprint density at radius 1 is 1.19 bits per heavy atom. The van der Waals surface area contributed by atoms with Crippen molar-refractivity contribution in [3.8, 4) is 5.75 Å². The highest BCUT2D eigenvalue weighted by Crippen LogP contribution is 2.28. The van der Waals surface area contributed by atoms with Crippen molar-refractivity contribution in [2.24, 2.45) is 0 Å². The molecule has 142 valence electrons. The maximum Gasteiger partial charge on any atom is 0.267 e. The quantitative estimate of drug-likeness (QED) is 0.849. The van der Waals surface area contributed by atoms with Gasteiger partial charge in [-0.3, -0.25) is 9.59 Å². The van der Waals surface area contributed by atoms with Crippen molar-refractivity contribution in [2.75, 3.05) is 12.4 Å². The van der Waals surface area contributed by atoms with E-state index in [1.165, 1.54) is 19.2 Å². The number of carbonyl (C=O) groups is 2. The summed E-state index contributed by atoms with van der Waals surface area (Å²) in [6.45, 7) is 1.84. The van der Waals surface area contributed by atoms with Crippen LogP contribution in [0.5, 0.6) is 5.75 Å². The third kappa shape index (κ3) is 3.80. The lowest BCUT2D eigenvalue weighted by atomic mass is 10.2. The summed E-state index contributed by atoms with van der Waals surface area (Å²) in [6.07, 6.45) is 0.140. The van der Waals surface area contributed by atoms with E-state index < -0.39 is 27.9 Å². The number of ether oxygens (including phenoxy) is 1. The molecule has 0 radical (unpaired) electrons. The number of amides is 2. The maximum absolute atomic E-state index is 12.9. The van der Waals surface area contributed by atoms with E-state index in [0.717, 1.165) is 5.56 Å². The second-order valence-electron chi connectivity index (χ2n) is 6.28. The normalized spacial score (nSPS) is 17.0. The Labute approximate surface area is 158 Å². The molecule has 1 atom stereocenters. The van der Waals surface area contributed by atoms with Crippen molar-refractivity contribution in [1.29, 1.82) is 0 Å². The van der Waals surface area contributed by atoms with Crippen LogP contribution in [0.4, 0.5) is 5.69 Å². The van der Waals surface area contributed by atoms with E-state index in [9.17, 15) is 18.0 Å². The Hall–Kier alpha value is -2.87. The number of aryl methyl sites for hydroxylation is 1. The molecule has 2 amide bonds. The van der Waals surface area contributed by atoms with Gasteiger partial charge in [-0.15, -0.1) is 0 Å². The molecule has 8 heteroatoms. The summed E-state index contributed by atoms with van der Waals surface area (Å²) in [5.74, 6) is -0.578. The SMILES string of the molecule is COc1cccc(NC(=O)[C@@H]2CCC(=O)N2S(=O)(=O)c2ccc(C)cc2)c1. The van der Waals surface area contributed by atoms with E-state index in [1.807, 2.05) is 6.92 Å². The lowest BCUT2D eigenvalue weighted by Crippen LogP contribution is -2.45. The number of rotatable bonds is 5. The zero-order valence-corrected chi connectivity index (χ0v) is 15.8. The van der Waals surface area contributed by atoms with Gasteiger partial charge in [-0.25, -0.2) is 12.7 Å². The number of nitrogens with zero attached hydrogens (tertiary/aromatic N) is 1. The summed E-state index contributed by atoms with van der Waals surface area (Å²) in [4.78, 5) is 25.0. The molecule has 1 heterocycles. The predicted octanol–water partition coefficient (Wildman–Crippen LogP) is 2.32. The molecule has 27 heavy (non-hydrogen) atoms. The molecule has 0 aliphatic carbocycles. The molecule has 0 spiro atoms. The molecule has 1 N–H and O–H groups in total. The Morgan fingerprint density at radius 3 is 2.56 bits per heavy atom. The number of carbonyl (C=O) groups excluding carboxylic acids is 2. The van der Waals surface area contributed by atoms with E-state index in [2.05, 4.69) is 5.32 Å². The first-order valence-corrected chi connectivity index (χ1v) is 9.86. The average molecular weight is 388 g/mol. The topological polar surface area (TPSA) is 92.8 Å². The highest BCUT2D eigenvalue weighted by atomic mass is 32.2. The van der Waals surface area contributed by atoms with Gasteiger partial charge >= 0.3 is 0 Å². The van der Waals surface area contributed by atoms with Gasteiger partial charge in [0.15, 0.2) is 0 Å². The number of hydrogen-bond donors (Lipinski definition) is 1. The molecule has 1 saturated heterocycles. The number of benzene rings is 2. The van der Waals surface area contributed by atoms with Crippen LogP contribution in [0.3, 0.4) is 0 Å². The highest BCUT2D eigenvalue weighted by molar-refractivity contribution is 7.89. The largest absolute Gasteiger partial charge is 0.497 e. The first kappa shape index (κ1) is 18.9. The van der Waals surface area contributed by atoms with Crippen LogP contribution >= 0.6 is 0 Å². The van der Waals surface area contributed by atoms with Crippen LogP contribution in [0.15, 0.2) is 53.4 Å². The summed E-state index contributed by atoms with van der Waals surface area (Å²) in [5.41, 5.74) is 1.36. The molecule has 7 nitrogen and oxygen atoms in total. The maximum atomic E-state index is 12.9. The average Bonchev–Trinajstić information content (AvgIpc) is 3.05. The fourth-order valence-corrected chi connectivity index (χ4v) is 4.55. The molecule has 1 aliphatic heterocycles. The van der Waals surface area contributed by atoms with Gasteiger partial charge in [-0.2, -0.15) is 0 Å². The first-order chi connectivity index (χ1) is 12.8. The van der Waals surface area contributed by atoms with Crippen molar-refractivity contribution in [1.82, 2.24) is 4.31 Å². The molecule has 0 saturated carbocycles. The van der Waals surface area contributed by atoms with Gasteiger partial charge in [0, 0.05) is 18.2 Å². The van der Waals surface area contributed by atoms with Gasteiger partial charge in [0.1, 0.15) is 11.8 Å². The van der Waals surface area contributed by atoms with Crippen molar-refractivity contribution in [3.05, 3.63) is 54.1 Å². The van der Waals surface area contributed by atoms with Crippen LogP contribution in [0, 0.1) is 6.92 Å². The molecule has 2 aromatic carbocycles. The van der Waals surface area contributed by atoms with Gasteiger partial charge in [0.05, 0.1) is 12.0 Å². The van der Waals surface area contributed by atoms with Gasteiger partial charge < -0.3 is 10.1 Å². The van der Waals surface area contributed by atoms with Crippen LogP contribution in [0.25, 0.3) is 0 Å². The van der Waals surface area contributed by atoms with Crippen molar-refractivity contribution in [3.63, 3.8) is 0 Å². The minimum Gasteiger partial charge on any atom is -0.497 e. The van der Waals surface area contributed by atoms with E-state index >= 15 is 0 Å².